The third-order valence-corrected chi connectivity index (χ3v) is 4.46. The van der Waals surface area contributed by atoms with Gasteiger partial charge >= 0.3 is 0 Å². The normalized spacial score (nSPS) is 11.0. The molecular formula is C23H24FN5. The van der Waals surface area contributed by atoms with Gasteiger partial charge in [0.25, 0.3) is 0 Å². The van der Waals surface area contributed by atoms with E-state index in [1.165, 1.54) is 6.07 Å². The molecular weight excluding hydrogens is 365 g/mol. The molecule has 0 aliphatic rings. The maximum atomic E-state index is 13.6. The van der Waals surface area contributed by atoms with Gasteiger partial charge in [0.2, 0.25) is 5.95 Å². The lowest BCUT2D eigenvalue weighted by molar-refractivity contribution is 0.504. The molecule has 148 valence electrons. The Morgan fingerprint density at radius 3 is 2.66 bits per heavy atom. The SMILES string of the molecule is C=C(c1cccc(F)n1)N(/C=C\C)Cc1nnc(-c2ccncc2)cc1CCC. The Labute approximate surface area is 170 Å². The second-order valence-corrected chi connectivity index (χ2v) is 6.59. The highest BCUT2D eigenvalue weighted by atomic mass is 19.1. The van der Waals surface area contributed by atoms with Crippen molar-refractivity contribution in [2.24, 2.45) is 0 Å². The highest BCUT2D eigenvalue weighted by Gasteiger charge is 2.15. The van der Waals surface area contributed by atoms with Crippen LogP contribution >= 0.6 is 0 Å². The van der Waals surface area contributed by atoms with Gasteiger partial charge in [-0.25, -0.2) is 4.98 Å². The molecule has 0 aromatic carbocycles. The minimum absolute atomic E-state index is 0.473. The van der Waals surface area contributed by atoms with E-state index >= 15 is 0 Å². The van der Waals surface area contributed by atoms with E-state index in [-0.39, 0.29) is 0 Å². The van der Waals surface area contributed by atoms with Crippen molar-refractivity contribution in [3.8, 4) is 11.3 Å². The highest BCUT2D eigenvalue weighted by Crippen LogP contribution is 2.23. The molecule has 0 radical (unpaired) electrons. The fraction of sp³-hybridized carbons (Fsp3) is 0.217. The van der Waals surface area contributed by atoms with Crippen molar-refractivity contribution in [2.75, 3.05) is 0 Å². The van der Waals surface area contributed by atoms with Crippen LogP contribution < -0.4 is 0 Å². The molecule has 0 aliphatic carbocycles. The van der Waals surface area contributed by atoms with E-state index in [0.29, 0.717) is 17.9 Å². The van der Waals surface area contributed by atoms with E-state index in [1.54, 1.807) is 24.5 Å². The summed E-state index contributed by atoms with van der Waals surface area (Å²) >= 11 is 0. The van der Waals surface area contributed by atoms with E-state index in [9.17, 15) is 4.39 Å². The molecule has 0 saturated heterocycles. The van der Waals surface area contributed by atoms with Crippen LogP contribution in [0.1, 0.15) is 37.2 Å². The topological polar surface area (TPSA) is 54.8 Å². The van der Waals surface area contributed by atoms with Gasteiger partial charge in [-0.3, -0.25) is 4.98 Å². The summed E-state index contributed by atoms with van der Waals surface area (Å²) in [4.78, 5) is 9.92. The van der Waals surface area contributed by atoms with Gasteiger partial charge in [0.05, 0.1) is 29.3 Å². The van der Waals surface area contributed by atoms with Gasteiger partial charge in [-0.1, -0.05) is 32.1 Å². The quantitative estimate of drug-likeness (QED) is 0.506. The molecule has 0 unspecified atom stereocenters. The molecule has 0 aliphatic heterocycles. The average Bonchev–Trinajstić information content (AvgIpc) is 2.75. The van der Waals surface area contributed by atoms with E-state index in [0.717, 1.165) is 35.4 Å². The lowest BCUT2D eigenvalue weighted by Gasteiger charge is -2.23. The van der Waals surface area contributed by atoms with Crippen LogP contribution in [-0.2, 0) is 13.0 Å². The van der Waals surface area contributed by atoms with E-state index < -0.39 is 5.95 Å². The van der Waals surface area contributed by atoms with Gasteiger partial charge in [0.1, 0.15) is 0 Å². The van der Waals surface area contributed by atoms with Gasteiger partial charge in [0, 0.05) is 24.2 Å². The Morgan fingerprint density at radius 1 is 1.17 bits per heavy atom. The minimum atomic E-state index is -0.530. The molecule has 0 amide bonds. The minimum Gasteiger partial charge on any atom is -0.341 e. The molecule has 0 spiro atoms. The van der Waals surface area contributed by atoms with E-state index in [2.05, 4.69) is 39.7 Å². The summed E-state index contributed by atoms with van der Waals surface area (Å²) in [7, 11) is 0. The van der Waals surface area contributed by atoms with E-state index in [1.807, 2.05) is 36.2 Å². The molecule has 3 aromatic heterocycles. The van der Waals surface area contributed by atoms with Crippen LogP contribution in [0.5, 0.6) is 0 Å². The van der Waals surface area contributed by atoms with Gasteiger partial charge in [-0.2, -0.15) is 14.6 Å². The zero-order chi connectivity index (χ0) is 20.6. The van der Waals surface area contributed by atoms with Crippen LogP contribution in [0.15, 0.2) is 67.6 Å². The smallest absolute Gasteiger partial charge is 0.213 e. The number of aromatic nitrogens is 4. The number of hydrogen-bond donors (Lipinski definition) is 0. The third-order valence-electron chi connectivity index (χ3n) is 4.46. The molecule has 0 bridgehead atoms. The second-order valence-electron chi connectivity index (χ2n) is 6.59. The number of nitrogens with zero attached hydrogens (tertiary/aromatic N) is 5. The van der Waals surface area contributed by atoms with E-state index in [4.69, 9.17) is 0 Å². The van der Waals surface area contributed by atoms with Gasteiger partial charge < -0.3 is 4.90 Å². The Morgan fingerprint density at radius 2 is 1.97 bits per heavy atom. The van der Waals surface area contributed by atoms with Crippen molar-refractivity contribution in [2.45, 2.75) is 33.2 Å². The highest BCUT2D eigenvalue weighted by molar-refractivity contribution is 5.60. The predicted octanol–water partition coefficient (Wildman–Crippen LogP) is 5.03. The Kier molecular flexibility index (Phi) is 6.79. The van der Waals surface area contributed by atoms with Crippen LogP contribution in [0.2, 0.25) is 0 Å². The van der Waals surface area contributed by atoms with Gasteiger partial charge in [0.15, 0.2) is 0 Å². The maximum absolute atomic E-state index is 13.6. The molecule has 0 N–H and O–H groups in total. The number of rotatable bonds is 8. The monoisotopic (exact) mass is 389 g/mol. The second kappa shape index (κ2) is 9.68. The van der Waals surface area contributed by atoms with Crippen LogP contribution in [0.25, 0.3) is 17.0 Å². The summed E-state index contributed by atoms with van der Waals surface area (Å²) in [6, 6.07) is 10.6. The molecule has 0 saturated carbocycles. The number of aryl methyl sites for hydroxylation is 1. The third kappa shape index (κ3) is 5.10. The lowest BCUT2D eigenvalue weighted by Crippen LogP contribution is -2.18. The Bertz CT molecular complexity index is 1000. The van der Waals surface area contributed by atoms with Crippen molar-refractivity contribution in [3.05, 3.63) is 90.5 Å². The summed E-state index contributed by atoms with van der Waals surface area (Å²) in [6.45, 7) is 8.64. The molecule has 3 aromatic rings. The molecule has 3 rings (SSSR count). The van der Waals surface area contributed by atoms with Gasteiger partial charge in [-0.05, 0) is 49.2 Å². The first-order valence-electron chi connectivity index (χ1n) is 9.59. The predicted molar refractivity (Wildman–Crippen MR) is 113 cm³/mol. The fourth-order valence-corrected chi connectivity index (χ4v) is 3.03. The van der Waals surface area contributed by atoms with Crippen LogP contribution in [0.3, 0.4) is 0 Å². The number of allylic oxidation sites excluding steroid dienone is 1. The van der Waals surface area contributed by atoms with Gasteiger partial charge in [-0.15, -0.1) is 0 Å². The first kappa shape index (κ1) is 20.3. The fourth-order valence-electron chi connectivity index (χ4n) is 3.03. The van der Waals surface area contributed by atoms with Crippen molar-refractivity contribution in [1.82, 2.24) is 25.1 Å². The summed E-state index contributed by atoms with van der Waals surface area (Å²) in [5.74, 6) is -0.530. The van der Waals surface area contributed by atoms with Crippen LogP contribution in [0, 0.1) is 5.95 Å². The lowest BCUT2D eigenvalue weighted by atomic mass is 10.0. The summed E-state index contributed by atoms with van der Waals surface area (Å²) < 4.78 is 13.6. The average molecular weight is 389 g/mol. The first-order chi connectivity index (χ1) is 14.1. The molecule has 5 nitrogen and oxygen atoms in total. The molecule has 29 heavy (non-hydrogen) atoms. The Balaban J connectivity index is 1.92. The molecule has 6 heteroatoms. The summed E-state index contributed by atoms with van der Waals surface area (Å²) in [5, 5.41) is 8.93. The van der Waals surface area contributed by atoms with Crippen molar-refractivity contribution < 1.29 is 4.39 Å². The first-order valence-corrected chi connectivity index (χ1v) is 9.59. The molecule has 0 atom stereocenters. The summed E-state index contributed by atoms with van der Waals surface area (Å²) in [6.07, 6.45) is 9.16. The van der Waals surface area contributed by atoms with Crippen molar-refractivity contribution in [3.63, 3.8) is 0 Å². The Hall–Kier alpha value is -3.41. The molecule has 3 heterocycles. The zero-order valence-corrected chi connectivity index (χ0v) is 16.7. The number of halogens is 1. The molecule has 0 fully saturated rings. The van der Waals surface area contributed by atoms with Crippen LogP contribution in [-0.4, -0.2) is 25.1 Å². The zero-order valence-electron chi connectivity index (χ0n) is 16.7. The standard InChI is InChI=1S/C23H24FN5/c1-4-7-19-15-21(18-10-12-25-13-11-18)27-28-22(19)16-29(14-5-2)17(3)20-8-6-9-23(24)26-20/h5-6,8-15H,3-4,7,16H2,1-2H3/b14-5-. The van der Waals surface area contributed by atoms with Crippen LogP contribution in [0.4, 0.5) is 4.39 Å². The number of hydrogen-bond acceptors (Lipinski definition) is 5. The van der Waals surface area contributed by atoms with Crippen molar-refractivity contribution >= 4 is 5.70 Å². The summed E-state index contributed by atoms with van der Waals surface area (Å²) in [5.41, 5.74) is 4.88. The number of pyridine rings is 2. The maximum Gasteiger partial charge on any atom is 0.213 e. The largest absolute Gasteiger partial charge is 0.341 e. The van der Waals surface area contributed by atoms with Crippen molar-refractivity contribution in [1.29, 1.82) is 0 Å².